The predicted molar refractivity (Wildman–Crippen MR) is 78.3 cm³/mol. The van der Waals surface area contributed by atoms with Crippen molar-refractivity contribution in [2.75, 3.05) is 51.6 Å². The van der Waals surface area contributed by atoms with Crippen molar-refractivity contribution in [3.63, 3.8) is 0 Å². The summed E-state index contributed by atoms with van der Waals surface area (Å²) in [6.45, 7) is 4.69. The molecule has 0 spiro atoms. The number of hydrogen-bond donors (Lipinski definition) is 1. The van der Waals surface area contributed by atoms with E-state index in [9.17, 15) is 23.3 Å². The summed E-state index contributed by atoms with van der Waals surface area (Å²) < 4.78 is 37.8. The van der Waals surface area contributed by atoms with Crippen LogP contribution in [0.15, 0.2) is 12.3 Å². The number of anilines is 1. The Morgan fingerprint density at radius 1 is 1.35 bits per heavy atom. The van der Waals surface area contributed by atoms with Crippen LogP contribution in [0.25, 0.3) is 0 Å². The number of pyridine rings is 1. The van der Waals surface area contributed by atoms with Gasteiger partial charge < -0.3 is 10.2 Å². The highest BCUT2D eigenvalue weighted by Gasteiger charge is 2.33. The Bertz CT molecular complexity index is 559. The quantitative estimate of drug-likeness (QED) is 0.653. The van der Waals surface area contributed by atoms with E-state index < -0.39 is 22.4 Å². The Morgan fingerprint density at radius 2 is 2.00 bits per heavy atom. The standard InChI is InChI=1S/C13H18F3N5O2/c1-19-4-6-20(7-5-19)3-2-17-12-11(21(22)23)8-10(9-18-12)13(14,15)16/h8-9H,2-7H2,1H3,(H,17,18). The first-order valence-electron chi connectivity index (χ1n) is 7.14. The zero-order valence-electron chi connectivity index (χ0n) is 12.6. The first-order valence-corrected chi connectivity index (χ1v) is 7.14. The van der Waals surface area contributed by atoms with Crippen molar-refractivity contribution >= 4 is 11.5 Å². The molecule has 1 fully saturated rings. The summed E-state index contributed by atoms with van der Waals surface area (Å²) >= 11 is 0. The number of likely N-dealkylation sites (N-methyl/N-ethyl adjacent to an activating group) is 1. The van der Waals surface area contributed by atoms with E-state index in [0.717, 1.165) is 26.2 Å². The smallest absolute Gasteiger partial charge is 0.363 e. The molecule has 1 aromatic rings. The fraction of sp³-hybridized carbons (Fsp3) is 0.615. The minimum atomic E-state index is -4.66. The summed E-state index contributed by atoms with van der Waals surface area (Å²) in [5, 5.41) is 13.7. The van der Waals surface area contributed by atoms with Gasteiger partial charge in [-0.1, -0.05) is 0 Å². The zero-order valence-corrected chi connectivity index (χ0v) is 12.6. The number of alkyl halides is 3. The summed E-state index contributed by atoms with van der Waals surface area (Å²) in [5.74, 6) is -0.142. The van der Waals surface area contributed by atoms with Gasteiger partial charge in [0.1, 0.15) is 0 Å². The molecule has 7 nitrogen and oxygen atoms in total. The molecule has 0 aromatic carbocycles. The molecule has 128 valence electrons. The topological polar surface area (TPSA) is 74.5 Å². The second-order valence-corrected chi connectivity index (χ2v) is 5.42. The Hall–Kier alpha value is -1.94. The molecular weight excluding hydrogens is 315 g/mol. The lowest BCUT2D eigenvalue weighted by Crippen LogP contribution is -2.45. The zero-order chi connectivity index (χ0) is 17.0. The second-order valence-electron chi connectivity index (χ2n) is 5.42. The molecule has 0 saturated carbocycles. The first-order chi connectivity index (χ1) is 10.8. The minimum absolute atomic E-state index is 0.142. The molecular formula is C13H18F3N5O2. The van der Waals surface area contributed by atoms with Crippen LogP contribution < -0.4 is 5.32 Å². The van der Waals surface area contributed by atoms with Crippen LogP contribution in [0.5, 0.6) is 0 Å². The summed E-state index contributed by atoms with van der Waals surface area (Å²) in [6.07, 6.45) is -4.05. The van der Waals surface area contributed by atoms with Gasteiger partial charge in [0.2, 0.25) is 5.82 Å². The number of nitrogens with zero attached hydrogens (tertiary/aromatic N) is 4. The minimum Gasteiger partial charge on any atom is -0.363 e. The average Bonchev–Trinajstić information content (AvgIpc) is 2.48. The molecule has 0 aliphatic carbocycles. The molecule has 10 heteroatoms. The molecule has 0 bridgehead atoms. The summed E-state index contributed by atoms with van der Waals surface area (Å²) in [4.78, 5) is 18.0. The molecule has 0 atom stereocenters. The Labute approximate surface area is 131 Å². The fourth-order valence-corrected chi connectivity index (χ4v) is 2.29. The molecule has 1 N–H and O–H groups in total. The van der Waals surface area contributed by atoms with Crippen molar-refractivity contribution in [1.82, 2.24) is 14.8 Å². The molecule has 0 unspecified atom stereocenters. The molecule has 0 amide bonds. The molecule has 23 heavy (non-hydrogen) atoms. The molecule has 2 heterocycles. The van der Waals surface area contributed by atoms with E-state index in [2.05, 4.69) is 20.1 Å². The highest BCUT2D eigenvalue weighted by Crippen LogP contribution is 2.33. The van der Waals surface area contributed by atoms with Gasteiger partial charge in [-0.25, -0.2) is 4.98 Å². The maximum Gasteiger partial charge on any atom is 0.418 e. The van der Waals surface area contributed by atoms with Crippen LogP contribution in [0.4, 0.5) is 24.7 Å². The van der Waals surface area contributed by atoms with Crippen LogP contribution >= 0.6 is 0 Å². The highest BCUT2D eigenvalue weighted by molar-refractivity contribution is 5.57. The number of nitrogens with one attached hydrogen (secondary N) is 1. The van der Waals surface area contributed by atoms with Crippen molar-refractivity contribution in [3.05, 3.63) is 27.9 Å². The molecule has 1 saturated heterocycles. The monoisotopic (exact) mass is 333 g/mol. The number of piperazine rings is 1. The number of rotatable bonds is 5. The van der Waals surface area contributed by atoms with Gasteiger partial charge in [-0.05, 0) is 7.05 Å². The van der Waals surface area contributed by atoms with E-state index in [-0.39, 0.29) is 5.82 Å². The van der Waals surface area contributed by atoms with Crippen molar-refractivity contribution in [2.24, 2.45) is 0 Å². The van der Waals surface area contributed by atoms with Crippen LogP contribution in [0, 0.1) is 10.1 Å². The number of hydrogen-bond acceptors (Lipinski definition) is 6. The summed E-state index contributed by atoms with van der Waals surface area (Å²) in [6, 6.07) is 0.505. The lowest BCUT2D eigenvalue weighted by molar-refractivity contribution is -0.384. The number of nitro groups is 1. The lowest BCUT2D eigenvalue weighted by Gasteiger charge is -2.32. The average molecular weight is 333 g/mol. The third kappa shape index (κ3) is 4.76. The van der Waals surface area contributed by atoms with E-state index in [0.29, 0.717) is 25.4 Å². The van der Waals surface area contributed by atoms with Gasteiger partial charge in [0.05, 0.1) is 10.5 Å². The van der Waals surface area contributed by atoms with Gasteiger partial charge in [-0.2, -0.15) is 13.2 Å². The van der Waals surface area contributed by atoms with Crippen LogP contribution in [0.2, 0.25) is 0 Å². The Kier molecular flexibility index (Phi) is 5.37. The maximum atomic E-state index is 12.6. The second kappa shape index (κ2) is 7.09. The SMILES string of the molecule is CN1CCN(CCNc2ncc(C(F)(F)F)cc2[N+](=O)[O-])CC1. The summed E-state index contributed by atoms with van der Waals surface area (Å²) in [5.41, 5.74) is -1.80. The van der Waals surface area contributed by atoms with Gasteiger partial charge in [0.15, 0.2) is 0 Å². The highest BCUT2D eigenvalue weighted by atomic mass is 19.4. The van der Waals surface area contributed by atoms with Gasteiger partial charge >= 0.3 is 11.9 Å². The molecule has 1 aliphatic rings. The lowest BCUT2D eigenvalue weighted by atomic mass is 10.2. The van der Waals surface area contributed by atoms with Crippen LogP contribution in [-0.2, 0) is 6.18 Å². The number of halogens is 3. The van der Waals surface area contributed by atoms with Crippen LogP contribution in [0.3, 0.4) is 0 Å². The largest absolute Gasteiger partial charge is 0.418 e. The molecule has 1 aliphatic heterocycles. The normalized spacial score (nSPS) is 17.2. The van der Waals surface area contributed by atoms with Crippen LogP contribution in [0.1, 0.15) is 5.56 Å². The van der Waals surface area contributed by atoms with Gasteiger partial charge in [-0.3, -0.25) is 15.0 Å². The third-order valence-electron chi connectivity index (χ3n) is 3.71. The van der Waals surface area contributed by atoms with E-state index in [1.165, 1.54) is 0 Å². The van der Waals surface area contributed by atoms with Crippen molar-refractivity contribution in [1.29, 1.82) is 0 Å². The van der Waals surface area contributed by atoms with Crippen molar-refractivity contribution in [3.8, 4) is 0 Å². The Balaban J connectivity index is 1.98. The van der Waals surface area contributed by atoms with Crippen molar-refractivity contribution < 1.29 is 18.1 Å². The molecule has 0 radical (unpaired) electrons. The maximum absolute atomic E-state index is 12.6. The number of aromatic nitrogens is 1. The molecule has 1 aromatic heterocycles. The Morgan fingerprint density at radius 3 is 2.57 bits per heavy atom. The fourth-order valence-electron chi connectivity index (χ4n) is 2.29. The first kappa shape index (κ1) is 17.4. The third-order valence-corrected chi connectivity index (χ3v) is 3.71. The van der Waals surface area contributed by atoms with E-state index >= 15 is 0 Å². The predicted octanol–water partition coefficient (Wildman–Crippen LogP) is 1.67. The van der Waals surface area contributed by atoms with Gasteiger partial charge in [0.25, 0.3) is 0 Å². The van der Waals surface area contributed by atoms with E-state index in [1.54, 1.807) is 0 Å². The van der Waals surface area contributed by atoms with E-state index in [4.69, 9.17) is 0 Å². The van der Waals surface area contributed by atoms with Crippen molar-refractivity contribution in [2.45, 2.75) is 6.18 Å². The van der Waals surface area contributed by atoms with Crippen LogP contribution in [-0.4, -0.2) is 66.0 Å². The van der Waals surface area contributed by atoms with E-state index in [1.807, 2.05) is 7.05 Å². The summed E-state index contributed by atoms with van der Waals surface area (Å²) in [7, 11) is 2.03. The molecule has 2 rings (SSSR count). The van der Waals surface area contributed by atoms with Gasteiger partial charge in [0, 0.05) is 51.5 Å². The van der Waals surface area contributed by atoms with Gasteiger partial charge in [-0.15, -0.1) is 0 Å².